The van der Waals surface area contributed by atoms with Crippen molar-refractivity contribution >= 4 is 39.5 Å². The molecule has 0 saturated carbocycles. The van der Waals surface area contributed by atoms with Crippen LogP contribution >= 0.6 is 27.5 Å². The van der Waals surface area contributed by atoms with Crippen LogP contribution in [0.5, 0.6) is 11.5 Å². The van der Waals surface area contributed by atoms with Crippen molar-refractivity contribution in [1.82, 2.24) is 5.32 Å². The summed E-state index contributed by atoms with van der Waals surface area (Å²) in [6, 6.07) is 11.0. The van der Waals surface area contributed by atoms with Gasteiger partial charge in [0.15, 0.2) is 11.5 Å². The van der Waals surface area contributed by atoms with Gasteiger partial charge in [-0.25, -0.2) is 0 Å². The zero-order valence-electron chi connectivity index (χ0n) is 12.0. The van der Waals surface area contributed by atoms with Crippen LogP contribution in [0.25, 0.3) is 6.08 Å². The van der Waals surface area contributed by atoms with Crippen molar-refractivity contribution < 1.29 is 14.3 Å². The number of ether oxygens (including phenoxy) is 2. The molecule has 0 bridgehead atoms. The fraction of sp³-hybridized carbons (Fsp3) is 0.118. The van der Waals surface area contributed by atoms with Crippen LogP contribution in [0.15, 0.2) is 46.9 Å². The molecule has 1 N–H and O–H groups in total. The molecule has 0 fully saturated rings. The molecule has 1 amide bonds. The number of halogens is 2. The van der Waals surface area contributed by atoms with Crippen LogP contribution in [0.1, 0.15) is 11.1 Å². The summed E-state index contributed by atoms with van der Waals surface area (Å²) in [5, 5.41) is 3.49. The van der Waals surface area contributed by atoms with Crippen LogP contribution in [0.3, 0.4) is 0 Å². The molecular weight excluding hydrogens is 382 g/mol. The second kappa shape index (κ2) is 7.06. The van der Waals surface area contributed by atoms with E-state index in [0.29, 0.717) is 23.1 Å². The normalized spacial score (nSPS) is 12.6. The Morgan fingerprint density at radius 3 is 2.65 bits per heavy atom. The third kappa shape index (κ3) is 4.06. The van der Waals surface area contributed by atoms with E-state index in [0.717, 1.165) is 15.6 Å². The number of fused-ring (bicyclic) bond motifs is 1. The molecule has 0 aromatic heterocycles. The van der Waals surface area contributed by atoms with Gasteiger partial charge >= 0.3 is 0 Å². The molecule has 0 saturated heterocycles. The van der Waals surface area contributed by atoms with E-state index < -0.39 is 0 Å². The summed E-state index contributed by atoms with van der Waals surface area (Å²) in [7, 11) is 0. The first-order valence-corrected chi connectivity index (χ1v) is 8.08. The van der Waals surface area contributed by atoms with E-state index in [1.54, 1.807) is 18.2 Å². The van der Waals surface area contributed by atoms with E-state index in [1.807, 2.05) is 24.3 Å². The molecule has 0 aliphatic carbocycles. The van der Waals surface area contributed by atoms with Crippen LogP contribution < -0.4 is 14.8 Å². The van der Waals surface area contributed by atoms with Gasteiger partial charge in [0.2, 0.25) is 12.7 Å². The summed E-state index contributed by atoms with van der Waals surface area (Å²) in [5.41, 5.74) is 1.83. The molecule has 6 heteroatoms. The maximum atomic E-state index is 11.9. The summed E-state index contributed by atoms with van der Waals surface area (Å²) < 4.78 is 11.5. The summed E-state index contributed by atoms with van der Waals surface area (Å²) in [6.07, 6.45) is 3.21. The fourth-order valence-electron chi connectivity index (χ4n) is 2.08. The lowest BCUT2D eigenvalue weighted by Crippen LogP contribution is -2.20. The maximum absolute atomic E-state index is 11.9. The summed E-state index contributed by atoms with van der Waals surface area (Å²) in [5.74, 6) is 1.19. The van der Waals surface area contributed by atoms with Gasteiger partial charge in [-0.2, -0.15) is 0 Å². The highest BCUT2D eigenvalue weighted by atomic mass is 79.9. The Bertz CT molecular complexity index is 759. The van der Waals surface area contributed by atoms with E-state index in [9.17, 15) is 4.79 Å². The molecule has 0 unspecified atom stereocenters. The summed E-state index contributed by atoms with van der Waals surface area (Å²) >= 11 is 9.28. The zero-order valence-corrected chi connectivity index (χ0v) is 14.4. The lowest BCUT2D eigenvalue weighted by atomic mass is 10.2. The SMILES string of the molecule is O=C(C=Cc1cc2c(cc1Br)OCO2)NCc1ccc(Cl)cc1. The molecule has 0 radical (unpaired) electrons. The summed E-state index contributed by atoms with van der Waals surface area (Å²) in [6.45, 7) is 0.666. The van der Waals surface area contributed by atoms with Crippen molar-refractivity contribution in [2.75, 3.05) is 6.79 Å². The molecule has 0 atom stereocenters. The van der Waals surface area contributed by atoms with E-state index in [2.05, 4.69) is 21.2 Å². The second-order valence-corrected chi connectivity index (χ2v) is 6.20. The lowest BCUT2D eigenvalue weighted by Gasteiger charge is -2.04. The third-order valence-electron chi connectivity index (χ3n) is 3.29. The molecule has 1 heterocycles. The lowest BCUT2D eigenvalue weighted by molar-refractivity contribution is -0.116. The monoisotopic (exact) mass is 393 g/mol. The molecule has 4 nitrogen and oxygen atoms in total. The van der Waals surface area contributed by atoms with Gasteiger partial charge in [0, 0.05) is 22.1 Å². The molecule has 0 spiro atoms. The van der Waals surface area contributed by atoms with Gasteiger partial charge in [0.1, 0.15) is 0 Å². The van der Waals surface area contributed by atoms with Crippen LogP contribution in [-0.2, 0) is 11.3 Å². The number of carbonyl (C=O) groups excluding carboxylic acids is 1. The topological polar surface area (TPSA) is 47.6 Å². The van der Waals surface area contributed by atoms with E-state index in [4.69, 9.17) is 21.1 Å². The van der Waals surface area contributed by atoms with Gasteiger partial charge in [-0.1, -0.05) is 39.7 Å². The van der Waals surface area contributed by atoms with Crippen LogP contribution in [0.2, 0.25) is 5.02 Å². The quantitative estimate of drug-likeness (QED) is 0.792. The first-order valence-electron chi connectivity index (χ1n) is 6.91. The van der Waals surface area contributed by atoms with Gasteiger partial charge in [-0.05, 0) is 41.5 Å². The van der Waals surface area contributed by atoms with Crippen molar-refractivity contribution in [3.05, 3.63) is 63.1 Å². The Balaban J connectivity index is 1.61. The highest BCUT2D eigenvalue weighted by Crippen LogP contribution is 2.37. The third-order valence-corrected chi connectivity index (χ3v) is 4.22. The predicted octanol–water partition coefficient (Wildman–Crippen LogP) is 4.16. The van der Waals surface area contributed by atoms with Crippen molar-refractivity contribution in [2.24, 2.45) is 0 Å². The molecule has 2 aromatic carbocycles. The van der Waals surface area contributed by atoms with Gasteiger partial charge in [0.25, 0.3) is 0 Å². The smallest absolute Gasteiger partial charge is 0.244 e. The van der Waals surface area contributed by atoms with E-state index >= 15 is 0 Å². The number of benzene rings is 2. The fourth-order valence-corrected chi connectivity index (χ4v) is 2.66. The zero-order chi connectivity index (χ0) is 16.2. The largest absolute Gasteiger partial charge is 0.454 e. The van der Waals surface area contributed by atoms with Crippen molar-refractivity contribution in [3.8, 4) is 11.5 Å². The highest BCUT2D eigenvalue weighted by Gasteiger charge is 2.15. The molecular formula is C17H13BrClNO3. The van der Waals surface area contributed by atoms with Crippen molar-refractivity contribution in [1.29, 1.82) is 0 Å². The molecule has 1 aliphatic heterocycles. The van der Waals surface area contributed by atoms with Crippen molar-refractivity contribution in [3.63, 3.8) is 0 Å². The highest BCUT2D eigenvalue weighted by molar-refractivity contribution is 9.10. The number of amides is 1. The second-order valence-electron chi connectivity index (χ2n) is 4.90. The minimum Gasteiger partial charge on any atom is -0.454 e. The standard InChI is InChI=1S/C17H13BrClNO3/c18-14-8-16-15(22-10-23-16)7-12(14)3-6-17(21)20-9-11-1-4-13(19)5-2-11/h1-8H,9-10H2,(H,20,21). The molecule has 23 heavy (non-hydrogen) atoms. The van der Waals surface area contributed by atoms with E-state index in [1.165, 1.54) is 6.08 Å². The van der Waals surface area contributed by atoms with Crippen molar-refractivity contribution in [2.45, 2.75) is 6.54 Å². The summed E-state index contributed by atoms with van der Waals surface area (Å²) in [4.78, 5) is 11.9. The molecule has 3 rings (SSSR count). The van der Waals surface area contributed by atoms with Gasteiger partial charge in [-0.15, -0.1) is 0 Å². The first kappa shape index (κ1) is 15.9. The van der Waals surface area contributed by atoms with Crippen LogP contribution in [0.4, 0.5) is 0 Å². The maximum Gasteiger partial charge on any atom is 0.244 e. The number of hydrogen-bond donors (Lipinski definition) is 1. The first-order chi connectivity index (χ1) is 11.1. The minimum absolute atomic E-state index is 0.176. The Kier molecular flexibility index (Phi) is 4.88. The number of carbonyl (C=O) groups is 1. The predicted molar refractivity (Wildman–Crippen MR) is 92.6 cm³/mol. The molecule has 2 aromatic rings. The van der Waals surface area contributed by atoms with Gasteiger partial charge in [-0.3, -0.25) is 4.79 Å². The Labute approximate surface area is 147 Å². The Hall–Kier alpha value is -1.98. The van der Waals surface area contributed by atoms with Gasteiger partial charge < -0.3 is 14.8 Å². The number of nitrogens with one attached hydrogen (secondary N) is 1. The minimum atomic E-state index is -0.176. The van der Waals surface area contributed by atoms with Crippen LogP contribution in [-0.4, -0.2) is 12.7 Å². The Morgan fingerprint density at radius 2 is 1.91 bits per heavy atom. The van der Waals surface area contributed by atoms with E-state index in [-0.39, 0.29) is 12.7 Å². The molecule has 1 aliphatic rings. The average Bonchev–Trinajstić information content (AvgIpc) is 2.99. The average molecular weight is 395 g/mol. The molecule has 118 valence electrons. The number of hydrogen-bond acceptors (Lipinski definition) is 3. The van der Waals surface area contributed by atoms with Crippen LogP contribution in [0, 0.1) is 0 Å². The number of rotatable bonds is 4. The van der Waals surface area contributed by atoms with Gasteiger partial charge in [0.05, 0.1) is 0 Å². The Morgan fingerprint density at radius 1 is 1.22 bits per heavy atom.